The van der Waals surface area contributed by atoms with Gasteiger partial charge in [-0.05, 0) is 78.3 Å². The lowest BCUT2D eigenvalue weighted by molar-refractivity contribution is 0.0697. The van der Waals surface area contributed by atoms with Gasteiger partial charge in [-0.3, -0.25) is 0 Å². The number of benzene rings is 2. The molecule has 2 heteroatoms. The summed E-state index contributed by atoms with van der Waals surface area (Å²) in [5, 5.41) is 9.67. The maximum atomic E-state index is 11.8. The van der Waals surface area contributed by atoms with E-state index in [2.05, 4.69) is 50.3 Å². The first-order valence-electron chi connectivity index (χ1n) is 12.3. The zero-order valence-corrected chi connectivity index (χ0v) is 19.3. The van der Waals surface area contributed by atoms with E-state index in [1.165, 1.54) is 56.9 Å². The highest BCUT2D eigenvalue weighted by molar-refractivity contribution is 5.96. The molecule has 2 aromatic rings. The minimum absolute atomic E-state index is 0.368. The Kier molecular flexibility index (Phi) is 8.94. The van der Waals surface area contributed by atoms with E-state index in [9.17, 15) is 9.90 Å². The van der Waals surface area contributed by atoms with Gasteiger partial charge in [0.05, 0.1) is 5.56 Å². The number of carboxylic acids is 1. The second kappa shape index (κ2) is 11.9. The van der Waals surface area contributed by atoms with Crippen LogP contribution in [0.1, 0.15) is 105 Å². The van der Waals surface area contributed by atoms with Crippen LogP contribution in [0.3, 0.4) is 0 Å². The molecule has 0 amide bonds. The van der Waals surface area contributed by atoms with E-state index in [-0.39, 0.29) is 0 Å². The van der Waals surface area contributed by atoms with Gasteiger partial charge in [-0.2, -0.15) is 0 Å². The maximum absolute atomic E-state index is 11.8. The van der Waals surface area contributed by atoms with Crippen molar-refractivity contribution in [3.05, 3.63) is 65.2 Å². The molecule has 0 bridgehead atoms. The second-order valence-corrected chi connectivity index (χ2v) is 9.14. The van der Waals surface area contributed by atoms with Gasteiger partial charge in [0.25, 0.3) is 0 Å². The van der Waals surface area contributed by atoms with Crippen LogP contribution in [0.15, 0.2) is 48.5 Å². The highest BCUT2D eigenvalue weighted by atomic mass is 16.4. The number of hydrogen-bond acceptors (Lipinski definition) is 1. The molecule has 1 aliphatic rings. The van der Waals surface area contributed by atoms with Crippen molar-refractivity contribution in [1.82, 2.24) is 0 Å². The van der Waals surface area contributed by atoms with E-state index >= 15 is 0 Å². The van der Waals surface area contributed by atoms with Gasteiger partial charge in [0.15, 0.2) is 0 Å². The van der Waals surface area contributed by atoms with Crippen LogP contribution in [0.2, 0.25) is 0 Å². The molecule has 1 fully saturated rings. The molecular weight excluding hydrogens is 380 g/mol. The molecule has 1 aliphatic carbocycles. The van der Waals surface area contributed by atoms with Crippen LogP contribution in [0, 0.1) is 5.92 Å². The average molecular weight is 419 g/mol. The molecular formula is C29H38O2. The molecule has 2 nitrogen and oxygen atoms in total. The molecule has 0 spiro atoms. The van der Waals surface area contributed by atoms with E-state index < -0.39 is 5.97 Å². The van der Waals surface area contributed by atoms with Gasteiger partial charge in [0, 0.05) is 0 Å². The van der Waals surface area contributed by atoms with Gasteiger partial charge in [0.1, 0.15) is 0 Å². The molecule has 0 saturated heterocycles. The Bertz CT molecular complexity index is 855. The summed E-state index contributed by atoms with van der Waals surface area (Å²) in [6.07, 6.45) is 17.1. The summed E-state index contributed by atoms with van der Waals surface area (Å²) >= 11 is 0. The van der Waals surface area contributed by atoms with E-state index in [4.69, 9.17) is 0 Å². The molecule has 0 radical (unpaired) electrons. The zero-order chi connectivity index (χ0) is 22.1. The molecule has 0 aromatic heterocycles. The van der Waals surface area contributed by atoms with Crippen molar-refractivity contribution in [1.29, 1.82) is 0 Å². The molecule has 0 atom stereocenters. The van der Waals surface area contributed by atoms with Gasteiger partial charge >= 0.3 is 5.97 Å². The first kappa shape index (κ1) is 23.3. The average Bonchev–Trinajstić information content (AvgIpc) is 2.80. The van der Waals surface area contributed by atoms with Crippen molar-refractivity contribution in [2.45, 2.75) is 84.0 Å². The van der Waals surface area contributed by atoms with Crippen molar-refractivity contribution in [3.63, 3.8) is 0 Å². The fraction of sp³-hybridized carbons (Fsp3) is 0.483. The second-order valence-electron chi connectivity index (χ2n) is 9.14. The van der Waals surface area contributed by atoms with Crippen molar-refractivity contribution in [3.8, 4) is 11.1 Å². The largest absolute Gasteiger partial charge is 0.478 e. The minimum Gasteiger partial charge on any atom is -0.478 e. The van der Waals surface area contributed by atoms with E-state index in [1.54, 1.807) is 6.07 Å². The lowest BCUT2D eigenvalue weighted by Crippen LogP contribution is -2.13. The van der Waals surface area contributed by atoms with Gasteiger partial charge in [0.2, 0.25) is 0 Å². The highest BCUT2D eigenvalue weighted by Gasteiger charge is 2.22. The SMILES string of the molecule is CCCC=Cc1ccc(C(=O)O)c(-c2ccc(C3CCC(CCCCC)CC3)cc2)c1. The molecule has 3 rings (SSSR count). The van der Waals surface area contributed by atoms with Crippen molar-refractivity contribution < 1.29 is 9.90 Å². The highest BCUT2D eigenvalue weighted by Crippen LogP contribution is 2.38. The Morgan fingerprint density at radius 3 is 2.35 bits per heavy atom. The molecule has 31 heavy (non-hydrogen) atoms. The number of allylic oxidation sites excluding steroid dienone is 1. The predicted molar refractivity (Wildman–Crippen MR) is 132 cm³/mol. The first-order chi connectivity index (χ1) is 15.1. The summed E-state index contributed by atoms with van der Waals surface area (Å²) in [5.41, 5.74) is 4.62. The van der Waals surface area contributed by atoms with Crippen LogP contribution in [-0.2, 0) is 0 Å². The summed E-state index contributed by atoms with van der Waals surface area (Å²) in [7, 11) is 0. The zero-order valence-electron chi connectivity index (χ0n) is 19.3. The number of hydrogen-bond donors (Lipinski definition) is 1. The summed E-state index contributed by atoms with van der Waals surface area (Å²) < 4.78 is 0. The minimum atomic E-state index is -0.871. The summed E-state index contributed by atoms with van der Waals surface area (Å²) in [6, 6.07) is 14.3. The van der Waals surface area contributed by atoms with Crippen molar-refractivity contribution >= 4 is 12.0 Å². The van der Waals surface area contributed by atoms with E-state index in [0.717, 1.165) is 35.4 Å². The Hall–Kier alpha value is -2.35. The van der Waals surface area contributed by atoms with Gasteiger partial charge in [-0.25, -0.2) is 4.79 Å². The Morgan fingerprint density at radius 1 is 0.968 bits per heavy atom. The van der Waals surface area contributed by atoms with Crippen LogP contribution in [-0.4, -0.2) is 11.1 Å². The quantitative estimate of drug-likeness (QED) is 0.392. The standard InChI is InChI=1S/C29H38O2/c1-3-5-7-9-22-11-14-24(15-12-22)25-16-18-26(19-17-25)28-21-23(10-8-6-4-2)13-20-27(28)29(30)31/h8,10,13,16-22,24H,3-7,9,11-12,14-15H2,1-2H3,(H,30,31). The maximum Gasteiger partial charge on any atom is 0.336 e. The predicted octanol–water partition coefficient (Wildman–Crippen LogP) is 8.72. The van der Waals surface area contributed by atoms with Gasteiger partial charge in [-0.1, -0.05) is 88.4 Å². The van der Waals surface area contributed by atoms with Crippen molar-refractivity contribution in [2.75, 3.05) is 0 Å². The smallest absolute Gasteiger partial charge is 0.336 e. The van der Waals surface area contributed by atoms with Gasteiger partial charge in [-0.15, -0.1) is 0 Å². The lowest BCUT2D eigenvalue weighted by atomic mass is 9.77. The third-order valence-electron chi connectivity index (χ3n) is 6.80. The van der Waals surface area contributed by atoms with Crippen LogP contribution < -0.4 is 0 Å². The number of unbranched alkanes of at least 4 members (excludes halogenated alkanes) is 3. The number of rotatable bonds is 10. The summed E-state index contributed by atoms with van der Waals surface area (Å²) in [5.74, 6) is 0.701. The summed E-state index contributed by atoms with van der Waals surface area (Å²) in [6.45, 7) is 4.43. The normalized spacial score (nSPS) is 19.0. The summed E-state index contributed by atoms with van der Waals surface area (Å²) in [4.78, 5) is 11.8. The Balaban J connectivity index is 1.71. The van der Waals surface area contributed by atoms with Crippen LogP contribution in [0.25, 0.3) is 17.2 Å². The van der Waals surface area contributed by atoms with E-state index in [1.807, 2.05) is 12.1 Å². The monoisotopic (exact) mass is 418 g/mol. The topological polar surface area (TPSA) is 37.3 Å². The fourth-order valence-electron chi connectivity index (χ4n) is 4.88. The fourth-order valence-corrected chi connectivity index (χ4v) is 4.88. The third-order valence-corrected chi connectivity index (χ3v) is 6.80. The first-order valence-corrected chi connectivity index (χ1v) is 12.3. The Morgan fingerprint density at radius 2 is 1.71 bits per heavy atom. The number of aromatic carboxylic acids is 1. The molecule has 0 heterocycles. The molecule has 1 N–H and O–H groups in total. The van der Waals surface area contributed by atoms with Crippen LogP contribution in [0.5, 0.6) is 0 Å². The molecule has 166 valence electrons. The lowest BCUT2D eigenvalue weighted by Gasteiger charge is -2.29. The van der Waals surface area contributed by atoms with Gasteiger partial charge < -0.3 is 5.11 Å². The van der Waals surface area contributed by atoms with Crippen molar-refractivity contribution in [2.24, 2.45) is 5.92 Å². The molecule has 0 aliphatic heterocycles. The van der Waals surface area contributed by atoms with Crippen LogP contribution in [0.4, 0.5) is 0 Å². The molecule has 1 saturated carbocycles. The number of carbonyl (C=O) groups is 1. The number of carboxylic acid groups (broad SMARTS) is 1. The Labute approximate surface area is 188 Å². The van der Waals surface area contributed by atoms with E-state index in [0.29, 0.717) is 11.5 Å². The third kappa shape index (κ3) is 6.56. The molecule has 2 aromatic carbocycles. The molecule has 0 unspecified atom stereocenters. The van der Waals surface area contributed by atoms with Crippen LogP contribution >= 0.6 is 0 Å².